The largest absolute Gasteiger partial charge is 0.460 e. The summed E-state index contributed by atoms with van der Waals surface area (Å²) < 4.78 is 16.4. The summed E-state index contributed by atoms with van der Waals surface area (Å²) >= 11 is 0. The molecule has 1 atom stereocenters. The van der Waals surface area contributed by atoms with E-state index in [1.807, 2.05) is 48.5 Å². The summed E-state index contributed by atoms with van der Waals surface area (Å²) in [4.78, 5) is 64.2. The molecule has 0 bridgehead atoms. The van der Waals surface area contributed by atoms with E-state index in [9.17, 15) is 19.2 Å². The molecule has 1 aliphatic heterocycles. The number of piperazine rings is 1. The molecular formula is C33H39N5O7. The molecule has 3 amide bonds. The first kappa shape index (κ1) is 32.9. The fourth-order valence-electron chi connectivity index (χ4n) is 4.61. The fraction of sp³-hybridized carbons (Fsp3) is 0.394. The number of para-hydroxylation sites is 1. The van der Waals surface area contributed by atoms with Crippen molar-refractivity contribution in [2.24, 2.45) is 0 Å². The lowest BCUT2D eigenvalue weighted by Crippen LogP contribution is -2.56. The third kappa shape index (κ3) is 9.75. The van der Waals surface area contributed by atoms with E-state index in [1.165, 1.54) is 11.0 Å². The smallest absolute Gasteiger partial charge is 0.409 e. The molecule has 1 saturated heterocycles. The van der Waals surface area contributed by atoms with Gasteiger partial charge in [-0.25, -0.2) is 9.78 Å². The number of hydrogen-bond donors (Lipinski definition) is 1. The van der Waals surface area contributed by atoms with Crippen LogP contribution in [0.1, 0.15) is 51.0 Å². The van der Waals surface area contributed by atoms with Crippen molar-refractivity contribution in [1.82, 2.24) is 25.1 Å². The van der Waals surface area contributed by atoms with Crippen LogP contribution in [0, 0.1) is 0 Å². The Balaban J connectivity index is 1.57. The Bertz CT molecular complexity index is 1470. The second kappa shape index (κ2) is 15.1. The molecule has 0 spiro atoms. The van der Waals surface area contributed by atoms with Gasteiger partial charge in [-0.2, -0.15) is 4.98 Å². The molecule has 238 valence electrons. The summed E-state index contributed by atoms with van der Waals surface area (Å²) in [5.74, 6) is -0.580. The van der Waals surface area contributed by atoms with Gasteiger partial charge in [0, 0.05) is 44.2 Å². The quantitative estimate of drug-likeness (QED) is 0.327. The number of aromatic nitrogens is 2. The molecule has 1 aliphatic rings. The topological polar surface area (TPSA) is 140 Å². The highest BCUT2D eigenvalue weighted by Crippen LogP contribution is 2.24. The van der Waals surface area contributed by atoms with Gasteiger partial charge in [-0.3, -0.25) is 14.4 Å². The maximum Gasteiger partial charge on any atom is 0.409 e. The lowest BCUT2D eigenvalue weighted by molar-refractivity contribution is -0.155. The number of amides is 3. The van der Waals surface area contributed by atoms with E-state index in [2.05, 4.69) is 15.3 Å². The van der Waals surface area contributed by atoms with Gasteiger partial charge in [0.15, 0.2) is 5.82 Å². The number of nitrogens with zero attached hydrogens (tertiary/aromatic N) is 4. The van der Waals surface area contributed by atoms with Crippen molar-refractivity contribution < 1.29 is 33.4 Å². The zero-order valence-corrected chi connectivity index (χ0v) is 26.0. The van der Waals surface area contributed by atoms with Crippen molar-refractivity contribution in [2.45, 2.75) is 52.2 Å². The third-order valence-corrected chi connectivity index (χ3v) is 6.71. The van der Waals surface area contributed by atoms with Gasteiger partial charge < -0.3 is 29.3 Å². The van der Waals surface area contributed by atoms with Gasteiger partial charge >= 0.3 is 12.1 Å². The monoisotopic (exact) mass is 617 g/mol. The van der Waals surface area contributed by atoms with Crippen molar-refractivity contribution >= 4 is 23.9 Å². The Morgan fingerprint density at radius 3 is 2.13 bits per heavy atom. The normalized spacial score (nSPS) is 13.9. The van der Waals surface area contributed by atoms with Crippen LogP contribution in [0.2, 0.25) is 0 Å². The maximum atomic E-state index is 13.7. The van der Waals surface area contributed by atoms with Gasteiger partial charge in [-0.05, 0) is 46.2 Å². The van der Waals surface area contributed by atoms with Gasteiger partial charge in [0.1, 0.15) is 23.1 Å². The van der Waals surface area contributed by atoms with E-state index in [1.54, 1.807) is 44.7 Å². The highest BCUT2D eigenvalue weighted by molar-refractivity contribution is 5.97. The molecule has 0 radical (unpaired) electrons. The van der Waals surface area contributed by atoms with Gasteiger partial charge in [-0.15, -0.1) is 0 Å². The van der Waals surface area contributed by atoms with E-state index in [-0.39, 0.29) is 68.9 Å². The van der Waals surface area contributed by atoms with Crippen LogP contribution in [-0.2, 0) is 19.1 Å². The van der Waals surface area contributed by atoms with E-state index in [0.717, 1.165) is 0 Å². The molecule has 45 heavy (non-hydrogen) atoms. The summed E-state index contributed by atoms with van der Waals surface area (Å²) in [6, 6.07) is 18.5. The number of esters is 1. The number of carbonyl (C=O) groups is 4. The minimum absolute atomic E-state index is 0.00156. The van der Waals surface area contributed by atoms with Crippen molar-refractivity contribution in [3.05, 3.63) is 72.4 Å². The number of ether oxygens (including phenoxy) is 3. The van der Waals surface area contributed by atoms with Gasteiger partial charge in [0.05, 0.1) is 6.61 Å². The van der Waals surface area contributed by atoms with Crippen molar-refractivity contribution in [1.29, 1.82) is 0 Å². The van der Waals surface area contributed by atoms with Crippen LogP contribution in [0.3, 0.4) is 0 Å². The number of carbonyl (C=O) groups excluding carboxylic acids is 4. The van der Waals surface area contributed by atoms with E-state index >= 15 is 0 Å². The molecule has 3 aromatic rings. The molecule has 12 heteroatoms. The lowest BCUT2D eigenvalue weighted by Gasteiger charge is -2.36. The summed E-state index contributed by atoms with van der Waals surface area (Å²) in [7, 11) is 0. The Kier molecular flexibility index (Phi) is 11.1. The Hall–Kier alpha value is -5.00. The number of rotatable bonds is 10. The first-order chi connectivity index (χ1) is 21.5. The Morgan fingerprint density at radius 1 is 0.889 bits per heavy atom. The number of benzene rings is 2. The molecule has 1 unspecified atom stereocenters. The SMILES string of the molecule is CCOC(=O)N1CCN(C(=O)C(CCC(=O)OC(C)(C)C)NC(=O)c2cc(Oc3ccccc3)nc(-c3ccccc3)n2)CC1. The minimum atomic E-state index is -1.06. The molecule has 1 N–H and O–H groups in total. The molecule has 0 saturated carbocycles. The van der Waals surface area contributed by atoms with Crippen LogP contribution in [0.5, 0.6) is 11.6 Å². The average molecular weight is 618 g/mol. The highest BCUT2D eigenvalue weighted by atomic mass is 16.6. The Labute approximate surface area is 262 Å². The summed E-state index contributed by atoms with van der Waals surface area (Å²) in [6.45, 7) is 8.31. The number of hydrogen-bond acceptors (Lipinski definition) is 9. The van der Waals surface area contributed by atoms with Gasteiger partial charge in [0.25, 0.3) is 5.91 Å². The Morgan fingerprint density at radius 2 is 1.51 bits per heavy atom. The third-order valence-electron chi connectivity index (χ3n) is 6.71. The molecule has 2 heterocycles. The van der Waals surface area contributed by atoms with Crippen molar-refractivity contribution in [2.75, 3.05) is 32.8 Å². The molecule has 0 aliphatic carbocycles. The van der Waals surface area contributed by atoms with Gasteiger partial charge in [0.2, 0.25) is 11.8 Å². The molecule has 1 fully saturated rings. The second-order valence-corrected chi connectivity index (χ2v) is 11.4. The molecular weight excluding hydrogens is 578 g/mol. The maximum absolute atomic E-state index is 13.7. The molecule has 2 aromatic carbocycles. The molecule has 12 nitrogen and oxygen atoms in total. The average Bonchev–Trinajstić information content (AvgIpc) is 3.02. The predicted molar refractivity (Wildman–Crippen MR) is 165 cm³/mol. The second-order valence-electron chi connectivity index (χ2n) is 11.4. The first-order valence-corrected chi connectivity index (χ1v) is 14.9. The molecule has 1 aromatic heterocycles. The fourth-order valence-corrected chi connectivity index (χ4v) is 4.61. The van der Waals surface area contributed by atoms with Crippen LogP contribution in [0.15, 0.2) is 66.7 Å². The zero-order valence-electron chi connectivity index (χ0n) is 26.0. The van der Waals surface area contributed by atoms with Crippen LogP contribution >= 0.6 is 0 Å². The first-order valence-electron chi connectivity index (χ1n) is 14.9. The summed E-state index contributed by atoms with van der Waals surface area (Å²) in [5.41, 5.74) is -0.0493. The standard InChI is InChI=1S/C33H39N5O7/c1-5-43-32(42)38-20-18-37(19-21-38)31(41)25(16-17-28(39)45-33(2,3)4)35-30(40)26-22-27(44-24-14-10-7-11-15-24)36-29(34-26)23-12-8-6-9-13-23/h6-15,22,25H,5,16-21H2,1-4H3,(H,35,40). The predicted octanol–water partition coefficient (Wildman–Crippen LogP) is 4.46. The van der Waals surface area contributed by atoms with E-state index < -0.39 is 29.6 Å². The van der Waals surface area contributed by atoms with Crippen molar-refractivity contribution in [3.8, 4) is 23.0 Å². The van der Waals surface area contributed by atoms with E-state index in [0.29, 0.717) is 11.3 Å². The lowest BCUT2D eigenvalue weighted by atomic mass is 10.1. The zero-order chi connectivity index (χ0) is 32.4. The van der Waals surface area contributed by atoms with Crippen molar-refractivity contribution in [3.63, 3.8) is 0 Å². The summed E-state index contributed by atoms with van der Waals surface area (Å²) in [5, 5.41) is 2.78. The number of nitrogens with one attached hydrogen (secondary N) is 1. The van der Waals surface area contributed by atoms with Crippen LogP contribution < -0.4 is 10.1 Å². The van der Waals surface area contributed by atoms with Crippen LogP contribution in [0.4, 0.5) is 4.79 Å². The highest BCUT2D eigenvalue weighted by Gasteiger charge is 2.32. The minimum Gasteiger partial charge on any atom is -0.460 e. The summed E-state index contributed by atoms with van der Waals surface area (Å²) in [6.07, 6.45) is -0.536. The van der Waals surface area contributed by atoms with Crippen LogP contribution in [-0.4, -0.2) is 88.1 Å². The van der Waals surface area contributed by atoms with E-state index in [4.69, 9.17) is 14.2 Å². The van der Waals surface area contributed by atoms with Gasteiger partial charge in [-0.1, -0.05) is 48.5 Å². The molecule has 4 rings (SSSR count). The van der Waals surface area contributed by atoms with Crippen LogP contribution in [0.25, 0.3) is 11.4 Å².